The van der Waals surface area contributed by atoms with Gasteiger partial charge in [-0.15, -0.1) is 0 Å². The second-order valence-electron chi connectivity index (χ2n) is 4.88. The Kier molecular flexibility index (Phi) is 6.05. The van der Waals surface area contributed by atoms with Crippen LogP contribution in [0.3, 0.4) is 0 Å². The first-order valence-corrected chi connectivity index (χ1v) is 6.68. The van der Waals surface area contributed by atoms with Crippen LogP contribution < -0.4 is 0 Å². The first kappa shape index (κ1) is 15.4. The number of hydrogen-bond donors (Lipinski definition) is 2. The van der Waals surface area contributed by atoms with Crippen LogP contribution in [0.5, 0.6) is 0 Å². The molecule has 0 amide bonds. The molecule has 106 valence electrons. The maximum absolute atomic E-state index is 11.9. The maximum Gasteiger partial charge on any atom is 0.309 e. The third-order valence-electron chi connectivity index (χ3n) is 3.50. The van der Waals surface area contributed by atoms with Crippen LogP contribution in [0.25, 0.3) is 0 Å². The van der Waals surface area contributed by atoms with Crippen molar-refractivity contribution in [2.45, 2.75) is 64.4 Å². The highest BCUT2D eigenvalue weighted by Crippen LogP contribution is 2.24. The van der Waals surface area contributed by atoms with Gasteiger partial charge in [-0.2, -0.15) is 0 Å². The van der Waals surface area contributed by atoms with E-state index in [1.54, 1.807) is 0 Å². The summed E-state index contributed by atoms with van der Waals surface area (Å²) in [6, 6.07) is 0. The summed E-state index contributed by atoms with van der Waals surface area (Å²) in [6.07, 6.45) is -0.424. The number of rotatable bonds is 5. The van der Waals surface area contributed by atoms with Crippen molar-refractivity contribution in [2.75, 3.05) is 6.61 Å². The molecule has 1 saturated heterocycles. The van der Waals surface area contributed by atoms with Gasteiger partial charge in [-0.3, -0.25) is 4.79 Å². The number of hydrogen-bond acceptors (Lipinski definition) is 5. The third kappa shape index (κ3) is 3.67. The molecular weight excluding hydrogens is 236 g/mol. The van der Waals surface area contributed by atoms with Gasteiger partial charge in [0, 0.05) is 6.42 Å². The van der Waals surface area contributed by atoms with Gasteiger partial charge < -0.3 is 19.7 Å². The van der Waals surface area contributed by atoms with Crippen molar-refractivity contribution in [3.63, 3.8) is 0 Å². The average molecular weight is 260 g/mol. The summed E-state index contributed by atoms with van der Waals surface area (Å²) in [5.41, 5.74) is 0. The molecule has 0 radical (unpaired) electrons. The molecule has 0 aromatic rings. The van der Waals surface area contributed by atoms with E-state index in [1.165, 1.54) is 0 Å². The summed E-state index contributed by atoms with van der Waals surface area (Å²) in [5, 5.41) is 19.1. The van der Waals surface area contributed by atoms with Crippen molar-refractivity contribution < 1.29 is 24.5 Å². The molecule has 1 fully saturated rings. The quantitative estimate of drug-likeness (QED) is 0.717. The molecule has 18 heavy (non-hydrogen) atoms. The summed E-state index contributed by atoms with van der Waals surface area (Å²) >= 11 is 0. The topological polar surface area (TPSA) is 76.0 Å². The lowest BCUT2D eigenvalue weighted by Gasteiger charge is -2.37. The second kappa shape index (κ2) is 7.07. The number of aliphatic hydroxyl groups excluding tert-OH is 2. The van der Waals surface area contributed by atoms with Crippen molar-refractivity contribution in [1.82, 2.24) is 0 Å². The van der Waals surface area contributed by atoms with Crippen molar-refractivity contribution in [2.24, 2.45) is 5.92 Å². The van der Waals surface area contributed by atoms with Crippen LogP contribution in [0.15, 0.2) is 0 Å². The highest BCUT2D eigenvalue weighted by atomic mass is 16.6. The molecule has 1 heterocycles. The van der Waals surface area contributed by atoms with Crippen molar-refractivity contribution in [1.29, 1.82) is 0 Å². The second-order valence-corrected chi connectivity index (χ2v) is 4.88. The molecule has 0 spiro atoms. The molecule has 2 N–H and O–H groups in total. The Morgan fingerprint density at radius 1 is 1.44 bits per heavy atom. The summed E-state index contributed by atoms with van der Waals surface area (Å²) in [7, 11) is 0. The monoisotopic (exact) mass is 260 g/mol. The highest BCUT2D eigenvalue weighted by molar-refractivity contribution is 5.72. The molecule has 0 bridgehead atoms. The molecule has 5 nitrogen and oxygen atoms in total. The first-order chi connectivity index (χ1) is 8.53. The van der Waals surface area contributed by atoms with E-state index in [1.807, 2.05) is 20.8 Å². The predicted molar refractivity (Wildman–Crippen MR) is 66.0 cm³/mol. The van der Waals surface area contributed by atoms with E-state index in [0.29, 0.717) is 6.42 Å². The van der Waals surface area contributed by atoms with E-state index in [9.17, 15) is 9.90 Å². The summed E-state index contributed by atoms with van der Waals surface area (Å²) < 4.78 is 10.8. The highest BCUT2D eigenvalue weighted by Gasteiger charge is 2.38. The molecule has 1 rings (SSSR count). The Morgan fingerprint density at radius 3 is 2.56 bits per heavy atom. The zero-order valence-corrected chi connectivity index (χ0v) is 11.3. The summed E-state index contributed by atoms with van der Waals surface area (Å²) in [5.74, 6) is -0.391. The molecule has 0 aromatic heterocycles. The van der Waals surface area contributed by atoms with Crippen LogP contribution in [0.2, 0.25) is 0 Å². The zero-order chi connectivity index (χ0) is 13.7. The van der Waals surface area contributed by atoms with Gasteiger partial charge >= 0.3 is 5.97 Å². The third-order valence-corrected chi connectivity index (χ3v) is 3.50. The van der Waals surface area contributed by atoms with Gasteiger partial charge in [0.25, 0.3) is 0 Å². The van der Waals surface area contributed by atoms with E-state index in [0.717, 1.165) is 12.8 Å². The van der Waals surface area contributed by atoms with Gasteiger partial charge in [0.2, 0.25) is 0 Å². The van der Waals surface area contributed by atoms with Crippen LogP contribution in [0.1, 0.15) is 40.0 Å². The van der Waals surface area contributed by atoms with Gasteiger partial charge in [0.1, 0.15) is 18.3 Å². The van der Waals surface area contributed by atoms with Gasteiger partial charge in [-0.25, -0.2) is 0 Å². The van der Waals surface area contributed by atoms with Crippen LogP contribution in [0.4, 0.5) is 0 Å². The number of aliphatic hydroxyl groups is 2. The fraction of sp³-hybridized carbons (Fsp3) is 0.923. The normalized spacial score (nSPS) is 32.6. The number of ether oxygens (including phenoxy) is 2. The molecule has 1 aliphatic rings. The SMILES string of the molecule is CCC(CC)C(=O)OC1CC(C)OC(CO)C1O. The summed E-state index contributed by atoms with van der Waals surface area (Å²) in [6.45, 7) is 5.45. The van der Waals surface area contributed by atoms with E-state index >= 15 is 0 Å². The molecule has 4 unspecified atom stereocenters. The first-order valence-electron chi connectivity index (χ1n) is 6.68. The zero-order valence-electron chi connectivity index (χ0n) is 11.3. The molecule has 4 atom stereocenters. The Morgan fingerprint density at radius 2 is 2.06 bits per heavy atom. The van der Waals surface area contributed by atoms with Gasteiger partial charge in [-0.1, -0.05) is 13.8 Å². The van der Waals surface area contributed by atoms with Crippen molar-refractivity contribution >= 4 is 5.97 Å². The van der Waals surface area contributed by atoms with Crippen LogP contribution in [-0.4, -0.2) is 47.2 Å². The van der Waals surface area contributed by atoms with Crippen LogP contribution in [-0.2, 0) is 14.3 Å². The summed E-state index contributed by atoms with van der Waals surface area (Å²) in [4.78, 5) is 11.9. The van der Waals surface area contributed by atoms with Crippen LogP contribution in [0, 0.1) is 5.92 Å². The largest absolute Gasteiger partial charge is 0.459 e. The average Bonchev–Trinajstić information content (AvgIpc) is 2.34. The maximum atomic E-state index is 11.9. The van der Waals surface area contributed by atoms with Crippen molar-refractivity contribution in [3.8, 4) is 0 Å². The number of carbonyl (C=O) groups excluding carboxylic acids is 1. The standard InChI is InChI=1S/C13H24O5/c1-4-9(5-2)13(16)18-10-6-8(3)17-11(7-14)12(10)15/h8-12,14-15H,4-7H2,1-3H3. The lowest BCUT2D eigenvalue weighted by Crippen LogP contribution is -2.51. The smallest absolute Gasteiger partial charge is 0.309 e. The number of esters is 1. The van der Waals surface area contributed by atoms with Gasteiger partial charge in [0.05, 0.1) is 18.6 Å². The molecular formula is C13H24O5. The minimum absolute atomic E-state index is 0.122. The molecule has 1 aliphatic heterocycles. The Labute approximate surface area is 108 Å². The minimum Gasteiger partial charge on any atom is -0.459 e. The minimum atomic E-state index is -0.954. The van der Waals surface area contributed by atoms with E-state index in [-0.39, 0.29) is 24.6 Å². The molecule has 0 aromatic carbocycles. The lowest BCUT2D eigenvalue weighted by molar-refractivity contribution is -0.199. The fourth-order valence-electron chi connectivity index (χ4n) is 2.28. The van der Waals surface area contributed by atoms with E-state index in [2.05, 4.69) is 0 Å². The van der Waals surface area contributed by atoms with Crippen LogP contribution >= 0.6 is 0 Å². The Balaban J connectivity index is 2.61. The molecule has 0 aliphatic carbocycles. The fourth-order valence-corrected chi connectivity index (χ4v) is 2.28. The Bertz CT molecular complexity index is 264. The number of carbonyl (C=O) groups is 1. The lowest BCUT2D eigenvalue weighted by atomic mass is 9.98. The molecule has 0 saturated carbocycles. The van der Waals surface area contributed by atoms with E-state index < -0.39 is 18.3 Å². The predicted octanol–water partition coefficient (Wildman–Crippen LogP) is 0.865. The van der Waals surface area contributed by atoms with Crippen molar-refractivity contribution in [3.05, 3.63) is 0 Å². The van der Waals surface area contributed by atoms with Gasteiger partial charge in [-0.05, 0) is 19.8 Å². The van der Waals surface area contributed by atoms with E-state index in [4.69, 9.17) is 14.6 Å². The molecule has 5 heteroatoms. The van der Waals surface area contributed by atoms with Gasteiger partial charge in [0.15, 0.2) is 0 Å². The Hall–Kier alpha value is -0.650.